The van der Waals surface area contributed by atoms with Gasteiger partial charge in [-0.3, -0.25) is 0 Å². The van der Waals surface area contributed by atoms with Crippen molar-refractivity contribution in [2.45, 2.75) is 89.6 Å². The number of hydrogen-bond acceptors (Lipinski definition) is 3. The van der Waals surface area contributed by atoms with Crippen LogP contribution in [0.25, 0.3) is 0 Å². The summed E-state index contributed by atoms with van der Waals surface area (Å²) in [7, 11) is 0. The van der Waals surface area contributed by atoms with Gasteiger partial charge in [0.2, 0.25) is 0 Å². The van der Waals surface area contributed by atoms with Crippen molar-refractivity contribution < 1.29 is 9.47 Å². The zero-order valence-corrected chi connectivity index (χ0v) is 13.7. The molecule has 0 aromatic carbocycles. The highest BCUT2D eigenvalue weighted by Crippen LogP contribution is 2.18. The van der Waals surface area contributed by atoms with E-state index in [1.807, 2.05) is 0 Å². The van der Waals surface area contributed by atoms with E-state index in [4.69, 9.17) is 14.7 Å². The Morgan fingerprint density at radius 3 is 2.33 bits per heavy atom. The smallest absolute Gasteiger partial charge is 0.0621 e. The third-order valence-corrected chi connectivity index (χ3v) is 4.17. The van der Waals surface area contributed by atoms with E-state index in [0.717, 1.165) is 26.2 Å². The largest absolute Gasteiger partial charge is 0.381 e. The van der Waals surface area contributed by atoms with Crippen LogP contribution in [0.4, 0.5) is 0 Å². The van der Waals surface area contributed by atoms with Gasteiger partial charge in [0, 0.05) is 26.2 Å². The summed E-state index contributed by atoms with van der Waals surface area (Å²) in [5.74, 6) is 0. The van der Waals surface area contributed by atoms with E-state index in [-0.39, 0.29) is 0 Å². The quantitative estimate of drug-likeness (QED) is 0.449. The normalized spacial score (nSPS) is 18.5. The first-order chi connectivity index (χ1) is 10.4. The minimum Gasteiger partial charge on any atom is -0.381 e. The molecule has 122 valence electrons. The van der Waals surface area contributed by atoms with Crippen LogP contribution in [0.5, 0.6) is 0 Å². The van der Waals surface area contributed by atoms with Crippen molar-refractivity contribution >= 4 is 0 Å². The zero-order chi connectivity index (χ0) is 15.0. The topological polar surface area (TPSA) is 42.2 Å². The van der Waals surface area contributed by atoms with Crippen LogP contribution in [0.15, 0.2) is 0 Å². The summed E-state index contributed by atoms with van der Waals surface area (Å²) in [6, 6.07) is 2.19. The highest BCUT2D eigenvalue weighted by Gasteiger charge is 2.12. The molecule has 1 aliphatic rings. The van der Waals surface area contributed by atoms with Crippen LogP contribution < -0.4 is 0 Å². The minimum absolute atomic E-state index is 0.542. The summed E-state index contributed by atoms with van der Waals surface area (Å²) in [5, 5.41) is 8.42. The van der Waals surface area contributed by atoms with Crippen LogP contribution in [0.2, 0.25) is 0 Å². The van der Waals surface area contributed by atoms with E-state index in [1.54, 1.807) is 0 Å². The Morgan fingerprint density at radius 2 is 1.62 bits per heavy atom. The van der Waals surface area contributed by atoms with Crippen molar-refractivity contribution in [2.75, 3.05) is 19.8 Å². The van der Waals surface area contributed by atoms with Crippen molar-refractivity contribution in [3.05, 3.63) is 0 Å². The summed E-state index contributed by atoms with van der Waals surface area (Å²) < 4.78 is 11.4. The maximum atomic E-state index is 8.42. The first-order valence-corrected chi connectivity index (χ1v) is 9.00. The molecule has 1 fully saturated rings. The van der Waals surface area contributed by atoms with Crippen LogP contribution in [-0.4, -0.2) is 25.9 Å². The highest BCUT2D eigenvalue weighted by molar-refractivity contribution is 4.67. The number of ether oxygens (including phenoxy) is 2. The van der Waals surface area contributed by atoms with Crippen LogP contribution >= 0.6 is 0 Å². The Bertz CT molecular complexity index is 256. The molecule has 1 saturated heterocycles. The molecule has 0 saturated carbocycles. The van der Waals surface area contributed by atoms with Crippen molar-refractivity contribution in [3.8, 4) is 6.07 Å². The molecule has 0 N–H and O–H groups in total. The Hall–Kier alpha value is -0.590. The molecule has 0 spiro atoms. The van der Waals surface area contributed by atoms with Crippen LogP contribution in [0, 0.1) is 11.3 Å². The van der Waals surface area contributed by atoms with Crippen molar-refractivity contribution in [3.63, 3.8) is 0 Å². The standard InChI is InChI=1S/C18H33NO2/c19-14-8-3-1-2-4-9-15-20-16-10-5-6-12-18-13-7-11-17-21-18/h18H,1-13,15-17H2. The molecule has 0 aromatic heterocycles. The second-order valence-electron chi connectivity index (χ2n) is 6.13. The average Bonchev–Trinajstić information content (AvgIpc) is 2.53. The number of rotatable bonds is 13. The fraction of sp³-hybridized carbons (Fsp3) is 0.944. The molecular formula is C18H33NO2. The van der Waals surface area contributed by atoms with E-state index in [1.165, 1.54) is 70.6 Å². The van der Waals surface area contributed by atoms with Crippen molar-refractivity contribution in [1.82, 2.24) is 0 Å². The zero-order valence-electron chi connectivity index (χ0n) is 13.7. The summed E-state index contributed by atoms with van der Waals surface area (Å²) in [6.07, 6.45) is 16.0. The molecule has 0 radical (unpaired) electrons. The Balaban J connectivity index is 1.70. The maximum Gasteiger partial charge on any atom is 0.0621 e. The lowest BCUT2D eigenvalue weighted by Gasteiger charge is -2.22. The summed E-state index contributed by atoms with van der Waals surface area (Å²) in [6.45, 7) is 2.80. The predicted molar refractivity (Wildman–Crippen MR) is 86.2 cm³/mol. The number of nitriles is 1. The minimum atomic E-state index is 0.542. The van der Waals surface area contributed by atoms with Gasteiger partial charge in [-0.05, 0) is 44.9 Å². The van der Waals surface area contributed by atoms with Gasteiger partial charge in [0.15, 0.2) is 0 Å². The number of unbranched alkanes of at least 4 members (excludes halogenated alkanes) is 7. The highest BCUT2D eigenvalue weighted by atomic mass is 16.5. The first kappa shape index (κ1) is 18.5. The molecule has 1 atom stereocenters. The lowest BCUT2D eigenvalue weighted by atomic mass is 10.0. The average molecular weight is 295 g/mol. The monoisotopic (exact) mass is 295 g/mol. The molecule has 0 aliphatic carbocycles. The van der Waals surface area contributed by atoms with Crippen molar-refractivity contribution in [1.29, 1.82) is 5.26 Å². The summed E-state index contributed by atoms with van der Waals surface area (Å²) in [5.41, 5.74) is 0. The predicted octanol–water partition coefficient (Wildman–Crippen LogP) is 5.00. The summed E-state index contributed by atoms with van der Waals surface area (Å²) in [4.78, 5) is 0. The van der Waals surface area contributed by atoms with E-state index < -0.39 is 0 Å². The second-order valence-corrected chi connectivity index (χ2v) is 6.13. The fourth-order valence-corrected chi connectivity index (χ4v) is 2.83. The molecule has 1 aliphatic heterocycles. The molecule has 21 heavy (non-hydrogen) atoms. The molecule has 3 nitrogen and oxygen atoms in total. The number of hydrogen-bond donors (Lipinski definition) is 0. The second kappa shape index (κ2) is 14.4. The number of nitrogens with zero attached hydrogens (tertiary/aromatic N) is 1. The molecular weight excluding hydrogens is 262 g/mol. The van der Waals surface area contributed by atoms with Gasteiger partial charge in [-0.25, -0.2) is 0 Å². The molecule has 1 unspecified atom stereocenters. The van der Waals surface area contributed by atoms with Gasteiger partial charge >= 0.3 is 0 Å². The third kappa shape index (κ3) is 11.7. The SMILES string of the molecule is N#CCCCCCCCOCCCCCC1CCCCO1. The molecule has 1 heterocycles. The van der Waals surface area contributed by atoms with Gasteiger partial charge < -0.3 is 9.47 Å². The Kier molecular flexibility index (Phi) is 12.6. The van der Waals surface area contributed by atoms with Crippen molar-refractivity contribution in [2.24, 2.45) is 0 Å². The molecule has 0 bridgehead atoms. The molecule has 1 rings (SSSR count). The van der Waals surface area contributed by atoms with E-state index in [2.05, 4.69) is 6.07 Å². The fourth-order valence-electron chi connectivity index (χ4n) is 2.83. The van der Waals surface area contributed by atoms with Crippen LogP contribution in [-0.2, 0) is 9.47 Å². The van der Waals surface area contributed by atoms with Crippen LogP contribution in [0.1, 0.15) is 83.5 Å². The first-order valence-electron chi connectivity index (χ1n) is 9.00. The van der Waals surface area contributed by atoms with Gasteiger partial charge in [0.25, 0.3) is 0 Å². The lowest BCUT2D eigenvalue weighted by molar-refractivity contribution is 0.00940. The molecule has 0 amide bonds. The Labute approximate surface area is 131 Å². The maximum absolute atomic E-state index is 8.42. The summed E-state index contributed by atoms with van der Waals surface area (Å²) >= 11 is 0. The van der Waals surface area contributed by atoms with Gasteiger partial charge in [-0.15, -0.1) is 0 Å². The van der Waals surface area contributed by atoms with E-state index in [9.17, 15) is 0 Å². The van der Waals surface area contributed by atoms with Gasteiger partial charge in [-0.1, -0.05) is 32.1 Å². The van der Waals surface area contributed by atoms with Gasteiger partial charge in [0.1, 0.15) is 0 Å². The Morgan fingerprint density at radius 1 is 0.905 bits per heavy atom. The van der Waals surface area contributed by atoms with Crippen LogP contribution in [0.3, 0.4) is 0 Å². The van der Waals surface area contributed by atoms with E-state index >= 15 is 0 Å². The van der Waals surface area contributed by atoms with Gasteiger partial charge in [-0.2, -0.15) is 5.26 Å². The lowest BCUT2D eigenvalue weighted by Crippen LogP contribution is -2.18. The molecule has 3 heteroatoms. The third-order valence-electron chi connectivity index (χ3n) is 4.17. The molecule has 0 aromatic rings. The van der Waals surface area contributed by atoms with E-state index in [0.29, 0.717) is 12.5 Å². The van der Waals surface area contributed by atoms with Gasteiger partial charge in [0.05, 0.1) is 12.2 Å².